The van der Waals surface area contributed by atoms with Crippen molar-refractivity contribution in [1.29, 1.82) is 0 Å². The van der Waals surface area contributed by atoms with E-state index >= 15 is 0 Å². The molecule has 0 aromatic carbocycles. The van der Waals surface area contributed by atoms with Crippen molar-refractivity contribution in [2.24, 2.45) is 5.92 Å². The Hall–Kier alpha value is -0.120. The van der Waals surface area contributed by atoms with Crippen molar-refractivity contribution in [2.45, 2.75) is 45.7 Å². The highest BCUT2D eigenvalue weighted by Crippen LogP contribution is 2.12. The Kier molecular flexibility index (Phi) is 5.58. The molecule has 0 aromatic heterocycles. The molecule has 0 aromatic rings. The number of likely N-dealkylation sites (tertiary alicyclic amines) is 1. The first kappa shape index (κ1) is 12.9. The third-order valence-corrected chi connectivity index (χ3v) is 3.01. The van der Waals surface area contributed by atoms with E-state index in [2.05, 4.69) is 24.1 Å². The van der Waals surface area contributed by atoms with Gasteiger partial charge in [0.1, 0.15) is 0 Å². The maximum Gasteiger partial charge on any atom is 0.0582 e. The Morgan fingerprint density at radius 2 is 1.87 bits per heavy atom. The van der Waals surface area contributed by atoms with E-state index in [1.165, 1.54) is 32.5 Å². The summed E-state index contributed by atoms with van der Waals surface area (Å²) < 4.78 is 0. The molecule has 0 bridgehead atoms. The van der Waals surface area contributed by atoms with Crippen LogP contribution in [0.2, 0.25) is 0 Å². The van der Waals surface area contributed by atoms with Crippen LogP contribution in [0.1, 0.15) is 33.6 Å². The topological polar surface area (TPSA) is 35.5 Å². The van der Waals surface area contributed by atoms with Crippen LogP contribution in [-0.2, 0) is 0 Å². The summed E-state index contributed by atoms with van der Waals surface area (Å²) in [6, 6.07) is 0.849. The maximum absolute atomic E-state index is 8.96. The predicted octanol–water partition coefficient (Wildman–Crippen LogP) is 1.08. The van der Waals surface area contributed by atoms with Crippen LogP contribution in [0.15, 0.2) is 0 Å². The minimum atomic E-state index is 0.242. The van der Waals surface area contributed by atoms with Crippen LogP contribution in [-0.4, -0.2) is 48.3 Å². The van der Waals surface area contributed by atoms with Crippen LogP contribution in [0.3, 0.4) is 0 Å². The van der Waals surface area contributed by atoms with Gasteiger partial charge in [0.15, 0.2) is 0 Å². The molecule has 1 rings (SSSR count). The van der Waals surface area contributed by atoms with E-state index in [-0.39, 0.29) is 12.6 Å². The number of aliphatic hydroxyl groups is 1. The molecule has 3 heteroatoms. The lowest BCUT2D eigenvalue weighted by Crippen LogP contribution is -2.47. The van der Waals surface area contributed by atoms with E-state index in [0.717, 1.165) is 5.92 Å². The van der Waals surface area contributed by atoms with Gasteiger partial charge in [0.05, 0.1) is 6.61 Å². The largest absolute Gasteiger partial charge is 0.395 e. The van der Waals surface area contributed by atoms with E-state index in [0.29, 0.717) is 6.04 Å². The van der Waals surface area contributed by atoms with Gasteiger partial charge in [0.25, 0.3) is 0 Å². The monoisotopic (exact) mass is 214 g/mol. The van der Waals surface area contributed by atoms with Gasteiger partial charge in [-0.2, -0.15) is 0 Å². The number of nitrogens with one attached hydrogen (secondary N) is 1. The highest BCUT2D eigenvalue weighted by atomic mass is 16.3. The molecule has 1 heterocycles. The fraction of sp³-hybridized carbons (Fsp3) is 1.00. The van der Waals surface area contributed by atoms with Gasteiger partial charge in [-0.1, -0.05) is 13.8 Å². The van der Waals surface area contributed by atoms with Gasteiger partial charge in [-0.25, -0.2) is 0 Å². The van der Waals surface area contributed by atoms with Crippen molar-refractivity contribution in [2.75, 3.05) is 26.2 Å². The first-order valence-electron chi connectivity index (χ1n) is 6.21. The van der Waals surface area contributed by atoms with Crippen molar-refractivity contribution in [3.8, 4) is 0 Å². The molecular weight excluding hydrogens is 188 g/mol. The number of nitrogens with zero attached hydrogens (tertiary/aromatic N) is 1. The van der Waals surface area contributed by atoms with Crippen molar-refractivity contribution >= 4 is 0 Å². The molecule has 90 valence electrons. The Bertz CT molecular complexity index is 165. The van der Waals surface area contributed by atoms with Gasteiger partial charge in [-0.3, -0.25) is 0 Å². The van der Waals surface area contributed by atoms with Crippen molar-refractivity contribution in [3.63, 3.8) is 0 Å². The van der Waals surface area contributed by atoms with Gasteiger partial charge in [-0.15, -0.1) is 0 Å². The summed E-state index contributed by atoms with van der Waals surface area (Å²) in [6.45, 7) is 10.5. The van der Waals surface area contributed by atoms with Gasteiger partial charge in [0.2, 0.25) is 0 Å². The van der Waals surface area contributed by atoms with Crippen LogP contribution >= 0.6 is 0 Å². The quantitative estimate of drug-likeness (QED) is 0.719. The van der Waals surface area contributed by atoms with Crippen molar-refractivity contribution < 1.29 is 5.11 Å². The molecule has 1 aliphatic rings. The average molecular weight is 214 g/mol. The molecule has 0 saturated carbocycles. The fourth-order valence-corrected chi connectivity index (χ4v) is 2.25. The molecule has 0 radical (unpaired) electrons. The summed E-state index contributed by atoms with van der Waals surface area (Å²) in [7, 11) is 0. The number of rotatable bonds is 5. The zero-order valence-corrected chi connectivity index (χ0v) is 10.4. The number of hydrogen-bond donors (Lipinski definition) is 2. The van der Waals surface area contributed by atoms with Crippen LogP contribution in [0.4, 0.5) is 0 Å². The third kappa shape index (κ3) is 4.96. The first-order chi connectivity index (χ1) is 7.11. The number of hydrogen-bond acceptors (Lipinski definition) is 3. The highest BCUT2D eigenvalue weighted by Gasteiger charge is 2.20. The van der Waals surface area contributed by atoms with Crippen LogP contribution in [0.5, 0.6) is 0 Å². The van der Waals surface area contributed by atoms with Crippen molar-refractivity contribution in [1.82, 2.24) is 10.2 Å². The normalized spacial score (nSPS) is 22.2. The molecule has 3 nitrogen and oxygen atoms in total. The first-order valence-corrected chi connectivity index (χ1v) is 6.21. The van der Waals surface area contributed by atoms with Crippen LogP contribution < -0.4 is 5.32 Å². The van der Waals surface area contributed by atoms with Crippen LogP contribution in [0.25, 0.3) is 0 Å². The molecule has 2 N–H and O–H groups in total. The maximum atomic E-state index is 8.96. The number of piperidine rings is 1. The molecule has 0 aliphatic carbocycles. The molecule has 1 aliphatic heterocycles. The Labute approximate surface area is 93.9 Å². The van der Waals surface area contributed by atoms with Crippen LogP contribution in [0, 0.1) is 5.92 Å². The minimum Gasteiger partial charge on any atom is -0.395 e. The lowest BCUT2D eigenvalue weighted by molar-refractivity contribution is 0.163. The third-order valence-electron chi connectivity index (χ3n) is 3.01. The summed E-state index contributed by atoms with van der Waals surface area (Å²) in [5, 5.41) is 12.4. The second-order valence-electron chi connectivity index (χ2n) is 5.22. The predicted molar refractivity (Wildman–Crippen MR) is 64.0 cm³/mol. The summed E-state index contributed by atoms with van der Waals surface area (Å²) >= 11 is 0. The molecule has 0 spiro atoms. The van der Waals surface area contributed by atoms with Gasteiger partial charge >= 0.3 is 0 Å². The summed E-state index contributed by atoms with van der Waals surface area (Å²) in [6.07, 6.45) is 2.44. The molecule has 1 atom stereocenters. The molecule has 15 heavy (non-hydrogen) atoms. The van der Waals surface area contributed by atoms with E-state index in [1.807, 2.05) is 6.92 Å². The second-order valence-corrected chi connectivity index (χ2v) is 5.22. The zero-order valence-electron chi connectivity index (χ0n) is 10.4. The average Bonchev–Trinajstić information content (AvgIpc) is 2.20. The Morgan fingerprint density at radius 3 is 2.33 bits per heavy atom. The fourth-order valence-electron chi connectivity index (χ4n) is 2.25. The summed E-state index contributed by atoms with van der Waals surface area (Å²) in [5.41, 5.74) is 0. The molecule has 1 unspecified atom stereocenters. The lowest BCUT2D eigenvalue weighted by atomic mass is 10.0. The van der Waals surface area contributed by atoms with Gasteiger partial charge in [0, 0.05) is 18.6 Å². The minimum absolute atomic E-state index is 0.242. The number of aliphatic hydroxyl groups excluding tert-OH is 1. The zero-order chi connectivity index (χ0) is 11.3. The van der Waals surface area contributed by atoms with Crippen molar-refractivity contribution in [3.05, 3.63) is 0 Å². The van der Waals surface area contributed by atoms with E-state index in [9.17, 15) is 0 Å². The Morgan fingerprint density at radius 1 is 1.27 bits per heavy atom. The van der Waals surface area contributed by atoms with E-state index in [1.54, 1.807) is 0 Å². The summed E-state index contributed by atoms with van der Waals surface area (Å²) in [4.78, 5) is 2.55. The second kappa shape index (κ2) is 6.46. The van der Waals surface area contributed by atoms with Gasteiger partial charge in [-0.05, 0) is 38.8 Å². The molecular formula is C12H26N2O. The summed E-state index contributed by atoms with van der Waals surface area (Å²) in [5.74, 6) is 0.769. The lowest BCUT2D eigenvalue weighted by Gasteiger charge is -2.34. The van der Waals surface area contributed by atoms with Gasteiger partial charge < -0.3 is 15.3 Å². The smallest absolute Gasteiger partial charge is 0.0582 e. The SMILES string of the molecule is CC(C)CN1CCC(NC(C)CO)CC1. The molecule has 1 fully saturated rings. The highest BCUT2D eigenvalue weighted by molar-refractivity contribution is 4.79. The standard InChI is InChI=1S/C12H26N2O/c1-10(2)8-14-6-4-12(5-7-14)13-11(3)9-15/h10-13,15H,4-9H2,1-3H3. The van der Waals surface area contributed by atoms with E-state index in [4.69, 9.17) is 5.11 Å². The molecule has 0 amide bonds. The van der Waals surface area contributed by atoms with E-state index < -0.39 is 0 Å². The molecule has 1 saturated heterocycles. The Balaban J connectivity index is 2.18.